The monoisotopic (exact) mass is 154 g/mol. The third-order valence-corrected chi connectivity index (χ3v) is 3.26. The first kappa shape index (κ1) is 7.14. The second-order valence-electron chi connectivity index (χ2n) is 4.07. The molecule has 2 atom stereocenters. The third kappa shape index (κ3) is 0.883. The second kappa shape index (κ2) is 1.99. The molecule has 0 bridgehead atoms. The van der Waals surface area contributed by atoms with Crippen LogP contribution in [0.1, 0.15) is 33.1 Å². The Morgan fingerprint density at radius 2 is 2.36 bits per heavy atom. The number of rotatable bonds is 1. The lowest BCUT2D eigenvalue weighted by molar-refractivity contribution is -0.151. The largest absolute Gasteiger partial charge is 0.462 e. The van der Waals surface area contributed by atoms with E-state index < -0.39 is 0 Å². The van der Waals surface area contributed by atoms with Gasteiger partial charge in [-0.05, 0) is 18.8 Å². The van der Waals surface area contributed by atoms with E-state index in [-0.39, 0.29) is 12.1 Å². The van der Waals surface area contributed by atoms with Gasteiger partial charge in [0.2, 0.25) is 0 Å². The quantitative estimate of drug-likeness (QED) is 0.538. The van der Waals surface area contributed by atoms with Crippen molar-refractivity contribution < 1.29 is 9.53 Å². The molecule has 0 aromatic carbocycles. The second-order valence-corrected chi connectivity index (χ2v) is 4.07. The predicted octanol–water partition coefficient (Wildman–Crippen LogP) is 1.74. The minimum atomic E-state index is 0.00350. The summed E-state index contributed by atoms with van der Waals surface area (Å²) in [4.78, 5) is 10.8. The first-order chi connectivity index (χ1) is 5.15. The van der Waals surface area contributed by atoms with Crippen molar-refractivity contribution in [2.75, 3.05) is 0 Å². The summed E-state index contributed by atoms with van der Waals surface area (Å²) in [6, 6.07) is 0. The summed E-state index contributed by atoms with van der Waals surface area (Å²) in [5, 5.41) is 0. The summed E-state index contributed by atoms with van der Waals surface area (Å²) in [7, 11) is 0. The fourth-order valence-corrected chi connectivity index (χ4v) is 2.16. The molecule has 1 saturated heterocycles. The predicted molar refractivity (Wildman–Crippen MR) is 41.0 cm³/mol. The van der Waals surface area contributed by atoms with Gasteiger partial charge in [-0.25, -0.2) is 0 Å². The molecule has 1 heterocycles. The van der Waals surface area contributed by atoms with Crippen molar-refractivity contribution in [3.05, 3.63) is 0 Å². The zero-order valence-corrected chi connectivity index (χ0v) is 7.09. The van der Waals surface area contributed by atoms with E-state index in [9.17, 15) is 4.79 Å². The van der Waals surface area contributed by atoms with Crippen LogP contribution < -0.4 is 0 Å². The highest BCUT2D eigenvalue weighted by Gasteiger charge is 2.60. The lowest BCUT2D eigenvalue weighted by Gasteiger charge is -2.24. The van der Waals surface area contributed by atoms with Gasteiger partial charge in [-0.1, -0.05) is 13.8 Å². The molecule has 0 aromatic rings. The molecule has 1 aliphatic carbocycles. The van der Waals surface area contributed by atoms with Crippen LogP contribution in [-0.4, -0.2) is 12.1 Å². The number of esters is 1. The standard InChI is InChI=1S/C9H14O2/c1-6(2)9-4-3-8(10)11-7(9)5-9/h6-7H,3-5H2,1-2H3. The van der Waals surface area contributed by atoms with E-state index in [0.29, 0.717) is 17.8 Å². The molecule has 2 aliphatic rings. The van der Waals surface area contributed by atoms with Gasteiger partial charge in [-0.2, -0.15) is 0 Å². The summed E-state index contributed by atoms with van der Waals surface area (Å²) in [6.45, 7) is 4.44. The summed E-state index contributed by atoms with van der Waals surface area (Å²) >= 11 is 0. The van der Waals surface area contributed by atoms with Gasteiger partial charge in [-0.3, -0.25) is 4.79 Å². The first-order valence-corrected chi connectivity index (χ1v) is 4.34. The lowest BCUT2D eigenvalue weighted by atomic mass is 9.86. The van der Waals surface area contributed by atoms with Crippen LogP contribution in [0.15, 0.2) is 0 Å². The maximum Gasteiger partial charge on any atom is 0.306 e. The molecule has 1 aliphatic heterocycles. The molecule has 0 spiro atoms. The van der Waals surface area contributed by atoms with Crippen LogP contribution in [-0.2, 0) is 9.53 Å². The number of fused-ring (bicyclic) bond motifs is 1. The van der Waals surface area contributed by atoms with E-state index in [1.165, 1.54) is 0 Å². The van der Waals surface area contributed by atoms with Crippen LogP contribution in [0.4, 0.5) is 0 Å². The molecular weight excluding hydrogens is 140 g/mol. The van der Waals surface area contributed by atoms with Crippen LogP contribution >= 0.6 is 0 Å². The number of carbonyl (C=O) groups excluding carboxylic acids is 1. The molecule has 2 rings (SSSR count). The van der Waals surface area contributed by atoms with Gasteiger partial charge in [0, 0.05) is 11.8 Å². The molecule has 2 fully saturated rings. The summed E-state index contributed by atoms with van der Waals surface area (Å²) in [5.74, 6) is 0.671. The zero-order valence-electron chi connectivity index (χ0n) is 7.09. The normalized spacial score (nSPS) is 41.7. The van der Waals surface area contributed by atoms with Crippen molar-refractivity contribution in [2.45, 2.75) is 39.2 Å². The average Bonchev–Trinajstić information content (AvgIpc) is 2.62. The average molecular weight is 154 g/mol. The molecule has 0 N–H and O–H groups in total. The Hall–Kier alpha value is -0.530. The van der Waals surface area contributed by atoms with Crippen molar-refractivity contribution in [3.8, 4) is 0 Å². The maximum atomic E-state index is 10.8. The zero-order chi connectivity index (χ0) is 8.06. The molecule has 62 valence electrons. The van der Waals surface area contributed by atoms with Gasteiger partial charge in [0.1, 0.15) is 6.10 Å². The minimum absolute atomic E-state index is 0.00350. The molecular formula is C9H14O2. The van der Waals surface area contributed by atoms with Crippen LogP contribution in [0.2, 0.25) is 0 Å². The van der Waals surface area contributed by atoms with Gasteiger partial charge < -0.3 is 4.74 Å². The van der Waals surface area contributed by atoms with Crippen LogP contribution in [0, 0.1) is 11.3 Å². The van der Waals surface area contributed by atoms with Gasteiger partial charge in [-0.15, -0.1) is 0 Å². The van der Waals surface area contributed by atoms with Crippen molar-refractivity contribution in [1.29, 1.82) is 0 Å². The molecule has 0 amide bonds. The van der Waals surface area contributed by atoms with E-state index in [1.54, 1.807) is 0 Å². The first-order valence-electron chi connectivity index (χ1n) is 4.34. The Labute approximate surface area is 66.9 Å². The van der Waals surface area contributed by atoms with E-state index in [2.05, 4.69) is 13.8 Å². The Balaban J connectivity index is 2.07. The van der Waals surface area contributed by atoms with E-state index >= 15 is 0 Å². The van der Waals surface area contributed by atoms with Gasteiger partial charge in [0.05, 0.1) is 0 Å². The van der Waals surface area contributed by atoms with E-state index in [1.807, 2.05) is 0 Å². The number of ether oxygens (including phenoxy) is 1. The Morgan fingerprint density at radius 3 is 2.91 bits per heavy atom. The van der Waals surface area contributed by atoms with Gasteiger partial charge in [0.25, 0.3) is 0 Å². The Morgan fingerprint density at radius 1 is 1.64 bits per heavy atom. The Kier molecular flexibility index (Phi) is 1.29. The number of carbonyl (C=O) groups is 1. The van der Waals surface area contributed by atoms with Gasteiger partial charge >= 0.3 is 5.97 Å². The van der Waals surface area contributed by atoms with E-state index in [4.69, 9.17) is 4.74 Å². The molecule has 0 aromatic heterocycles. The maximum absolute atomic E-state index is 10.8. The molecule has 2 heteroatoms. The van der Waals surface area contributed by atoms with Crippen LogP contribution in [0.5, 0.6) is 0 Å². The molecule has 11 heavy (non-hydrogen) atoms. The number of hydrogen-bond acceptors (Lipinski definition) is 2. The smallest absolute Gasteiger partial charge is 0.306 e. The highest BCUT2D eigenvalue weighted by Crippen LogP contribution is 2.59. The van der Waals surface area contributed by atoms with Crippen molar-refractivity contribution >= 4 is 5.97 Å². The minimum Gasteiger partial charge on any atom is -0.462 e. The highest BCUT2D eigenvalue weighted by atomic mass is 16.6. The highest BCUT2D eigenvalue weighted by molar-refractivity contribution is 5.71. The fraction of sp³-hybridized carbons (Fsp3) is 0.889. The van der Waals surface area contributed by atoms with Crippen molar-refractivity contribution in [2.24, 2.45) is 11.3 Å². The molecule has 2 unspecified atom stereocenters. The van der Waals surface area contributed by atoms with Crippen LogP contribution in [0.3, 0.4) is 0 Å². The third-order valence-electron chi connectivity index (χ3n) is 3.26. The summed E-state index contributed by atoms with van der Waals surface area (Å²) in [5.41, 5.74) is 0.383. The summed E-state index contributed by atoms with van der Waals surface area (Å²) in [6.07, 6.45) is 3.06. The Bertz CT molecular complexity index is 198. The van der Waals surface area contributed by atoms with Crippen LogP contribution in [0.25, 0.3) is 0 Å². The molecule has 1 saturated carbocycles. The molecule has 0 radical (unpaired) electrons. The summed E-state index contributed by atoms with van der Waals surface area (Å²) < 4.78 is 5.19. The van der Waals surface area contributed by atoms with E-state index in [0.717, 1.165) is 12.8 Å². The SMILES string of the molecule is CC(C)C12CCC(=O)OC1C2. The number of hydrogen-bond donors (Lipinski definition) is 0. The topological polar surface area (TPSA) is 26.3 Å². The molecule has 2 nitrogen and oxygen atoms in total. The lowest BCUT2D eigenvalue weighted by Crippen LogP contribution is -2.25. The van der Waals surface area contributed by atoms with Crippen molar-refractivity contribution in [3.63, 3.8) is 0 Å². The fourth-order valence-electron chi connectivity index (χ4n) is 2.16. The van der Waals surface area contributed by atoms with Gasteiger partial charge in [0.15, 0.2) is 0 Å². The van der Waals surface area contributed by atoms with Crippen molar-refractivity contribution in [1.82, 2.24) is 0 Å².